The summed E-state index contributed by atoms with van der Waals surface area (Å²) in [6, 6.07) is 6.99. The molecule has 1 aliphatic carbocycles. The third kappa shape index (κ3) is 3.87. The van der Waals surface area contributed by atoms with E-state index >= 15 is 0 Å². The van der Waals surface area contributed by atoms with Gasteiger partial charge in [-0.15, -0.1) is 0 Å². The van der Waals surface area contributed by atoms with E-state index in [1.165, 1.54) is 12.8 Å². The smallest absolute Gasteiger partial charge is 0.123 e. The molecular formula is C16H26N2O2. The van der Waals surface area contributed by atoms with E-state index < -0.39 is 0 Å². The molecule has 1 aromatic carbocycles. The lowest BCUT2D eigenvalue weighted by Crippen LogP contribution is -2.32. The molecule has 1 aliphatic rings. The third-order valence-corrected chi connectivity index (χ3v) is 3.99. The lowest BCUT2D eigenvalue weighted by molar-refractivity contribution is 0.315. The van der Waals surface area contributed by atoms with E-state index in [1.54, 1.807) is 14.2 Å². The average molecular weight is 278 g/mol. The van der Waals surface area contributed by atoms with E-state index in [1.807, 2.05) is 18.2 Å². The minimum atomic E-state index is 0.243. The molecule has 1 atom stereocenters. The van der Waals surface area contributed by atoms with Gasteiger partial charge >= 0.3 is 0 Å². The van der Waals surface area contributed by atoms with Gasteiger partial charge in [-0.3, -0.25) is 0 Å². The van der Waals surface area contributed by atoms with Gasteiger partial charge < -0.3 is 19.7 Å². The number of hydrogen-bond acceptors (Lipinski definition) is 4. The van der Waals surface area contributed by atoms with Crippen molar-refractivity contribution >= 4 is 0 Å². The molecule has 2 rings (SSSR count). The van der Waals surface area contributed by atoms with Crippen molar-refractivity contribution in [1.29, 1.82) is 0 Å². The number of benzene rings is 1. The summed E-state index contributed by atoms with van der Waals surface area (Å²) < 4.78 is 10.7. The first-order valence-electron chi connectivity index (χ1n) is 7.31. The van der Waals surface area contributed by atoms with E-state index in [0.29, 0.717) is 0 Å². The number of nitrogens with one attached hydrogen (secondary N) is 1. The summed E-state index contributed by atoms with van der Waals surface area (Å²) in [6.45, 7) is 4.23. The number of nitrogens with zero attached hydrogens (tertiary/aromatic N) is 1. The highest BCUT2D eigenvalue weighted by Gasteiger charge is 2.25. The molecule has 1 aromatic rings. The summed E-state index contributed by atoms with van der Waals surface area (Å²) in [6.07, 6.45) is 2.71. The van der Waals surface area contributed by atoms with Gasteiger partial charge in [0.2, 0.25) is 0 Å². The molecule has 0 spiro atoms. The number of likely N-dealkylation sites (N-methyl/N-ethyl adjacent to an activating group) is 1. The Morgan fingerprint density at radius 3 is 2.65 bits per heavy atom. The molecule has 0 aliphatic heterocycles. The molecule has 0 radical (unpaired) electrons. The predicted octanol–water partition coefficient (Wildman–Crippen LogP) is 2.45. The van der Waals surface area contributed by atoms with Crippen molar-refractivity contribution in [3.63, 3.8) is 0 Å². The van der Waals surface area contributed by atoms with Crippen molar-refractivity contribution < 1.29 is 9.47 Å². The van der Waals surface area contributed by atoms with Crippen molar-refractivity contribution in [3.8, 4) is 11.5 Å². The summed E-state index contributed by atoms with van der Waals surface area (Å²) in [5.74, 6) is 1.77. The van der Waals surface area contributed by atoms with Gasteiger partial charge in [0.15, 0.2) is 0 Å². The monoisotopic (exact) mass is 278 g/mol. The third-order valence-electron chi connectivity index (χ3n) is 3.99. The highest BCUT2D eigenvalue weighted by Crippen LogP contribution is 2.29. The Morgan fingerprint density at radius 1 is 1.30 bits per heavy atom. The van der Waals surface area contributed by atoms with Crippen molar-refractivity contribution in [2.75, 3.05) is 34.4 Å². The van der Waals surface area contributed by atoms with Crippen LogP contribution in [0.4, 0.5) is 0 Å². The molecule has 0 bridgehead atoms. The fraction of sp³-hybridized carbons (Fsp3) is 0.625. The molecule has 112 valence electrons. The molecule has 0 aromatic heterocycles. The van der Waals surface area contributed by atoms with E-state index in [-0.39, 0.29) is 6.04 Å². The minimum absolute atomic E-state index is 0.243. The van der Waals surface area contributed by atoms with Crippen LogP contribution in [-0.2, 0) is 0 Å². The van der Waals surface area contributed by atoms with Crippen LogP contribution in [0.15, 0.2) is 18.2 Å². The molecule has 1 unspecified atom stereocenters. The van der Waals surface area contributed by atoms with Gasteiger partial charge in [-0.05, 0) is 45.0 Å². The summed E-state index contributed by atoms with van der Waals surface area (Å²) >= 11 is 0. The largest absolute Gasteiger partial charge is 0.497 e. The van der Waals surface area contributed by atoms with Gasteiger partial charge in [-0.2, -0.15) is 0 Å². The fourth-order valence-corrected chi connectivity index (χ4v) is 2.44. The molecule has 0 amide bonds. The second kappa shape index (κ2) is 6.95. The first-order chi connectivity index (χ1) is 9.65. The zero-order valence-electron chi connectivity index (χ0n) is 13.0. The van der Waals surface area contributed by atoms with Gasteiger partial charge in [0.25, 0.3) is 0 Å². The Morgan fingerprint density at radius 2 is 2.05 bits per heavy atom. The van der Waals surface area contributed by atoms with Crippen LogP contribution >= 0.6 is 0 Å². The van der Waals surface area contributed by atoms with Gasteiger partial charge in [0.1, 0.15) is 11.5 Å². The van der Waals surface area contributed by atoms with Crippen LogP contribution in [0.25, 0.3) is 0 Å². The highest BCUT2D eigenvalue weighted by molar-refractivity contribution is 5.42. The Bertz CT molecular complexity index is 432. The predicted molar refractivity (Wildman–Crippen MR) is 81.6 cm³/mol. The second-order valence-electron chi connectivity index (χ2n) is 5.50. The molecule has 1 N–H and O–H groups in total. The Labute approximate surface area is 122 Å². The molecule has 0 heterocycles. The summed E-state index contributed by atoms with van der Waals surface area (Å²) in [5, 5.41) is 3.56. The number of hydrogen-bond donors (Lipinski definition) is 1. The van der Waals surface area contributed by atoms with E-state index in [2.05, 4.69) is 24.2 Å². The number of rotatable bonds is 8. The summed E-state index contributed by atoms with van der Waals surface area (Å²) in [4.78, 5) is 2.43. The van der Waals surface area contributed by atoms with Crippen LogP contribution in [-0.4, -0.2) is 45.3 Å². The maximum Gasteiger partial charge on any atom is 0.123 e. The zero-order chi connectivity index (χ0) is 14.5. The van der Waals surface area contributed by atoms with E-state index in [0.717, 1.165) is 36.2 Å². The Balaban J connectivity index is 1.91. The Hall–Kier alpha value is -1.26. The van der Waals surface area contributed by atoms with Crippen LogP contribution in [0, 0.1) is 0 Å². The first-order valence-corrected chi connectivity index (χ1v) is 7.31. The van der Waals surface area contributed by atoms with E-state index in [9.17, 15) is 0 Å². The van der Waals surface area contributed by atoms with Crippen molar-refractivity contribution in [1.82, 2.24) is 10.2 Å². The Kier molecular flexibility index (Phi) is 5.26. The maximum atomic E-state index is 5.44. The molecule has 4 nitrogen and oxygen atoms in total. The lowest BCUT2D eigenvalue weighted by Gasteiger charge is -2.21. The first kappa shape index (κ1) is 15.1. The molecular weight excluding hydrogens is 252 g/mol. The molecule has 4 heteroatoms. The van der Waals surface area contributed by atoms with Crippen LogP contribution in [0.1, 0.15) is 31.4 Å². The van der Waals surface area contributed by atoms with Crippen molar-refractivity contribution in [2.45, 2.75) is 31.8 Å². The normalized spacial score (nSPS) is 16.2. The number of ether oxygens (including phenoxy) is 2. The second-order valence-corrected chi connectivity index (χ2v) is 5.50. The summed E-state index contributed by atoms with van der Waals surface area (Å²) in [5.41, 5.74) is 1.14. The van der Waals surface area contributed by atoms with Crippen molar-refractivity contribution in [2.24, 2.45) is 0 Å². The standard InChI is InChI=1S/C16H26N2O2/c1-12(17-9-10-18(2)13-5-6-13)15-11-14(19-3)7-8-16(15)20-4/h7-8,11-13,17H,5-6,9-10H2,1-4H3. The SMILES string of the molecule is COc1ccc(OC)c(C(C)NCCN(C)C2CC2)c1. The van der Waals surface area contributed by atoms with Gasteiger partial charge in [-0.25, -0.2) is 0 Å². The van der Waals surface area contributed by atoms with Crippen LogP contribution in [0.2, 0.25) is 0 Å². The average Bonchev–Trinajstić information content (AvgIpc) is 3.30. The fourth-order valence-electron chi connectivity index (χ4n) is 2.44. The van der Waals surface area contributed by atoms with Crippen LogP contribution < -0.4 is 14.8 Å². The molecule has 0 saturated heterocycles. The van der Waals surface area contributed by atoms with Gasteiger partial charge in [-0.1, -0.05) is 0 Å². The quantitative estimate of drug-likeness (QED) is 0.792. The van der Waals surface area contributed by atoms with Crippen LogP contribution in [0.3, 0.4) is 0 Å². The molecule has 1 fully saturated rings. The van der Waals surface area contributed by atoms with E-state index in [4.69, 9.17) is 9.47 Å². The van der Waals surface area contributed by atoms with Gasteiger partial charge in [0.05, 0.1) is 14.2 Å². The van der Waals surface area contributed by atoms with Crippen molar-refractivity contribution in [3.05, 3.63) is 23.8 Å². The highest BCUT2D eigenvalue weighted by atomic mass is 16.5. The van der Waals surface area contributed by atoms with Crippen LogP contribution in [0.5, 0.6) is 11.5 Å². The minimum Gasteiger partial charge on any atom is -0.497 e. The molecule has 1 saturated carbocycles. The molecule has 20 heavy (non-hydrogen) atoms. The summed E-state index contributed by atoms with van der Waals surface area (Å²) in [7, 11) is 5.60. The zero-order valence-corrected chi connectivity index (χ0v) is 13.0. The maximum absolute atomic E-state index is 5.44. The topological polar surface area (TPSA) is 33.7 Å². The van der Waals surface area contributed by atoms with Gasteiger partial charge in [0, 0.05) is 30.7 Å². The lowest BCUT2D eigenvalue weighted by atomic mass is 10.1. The number of methoxy groups -OCH3 is 2.